The van der Waals surface area contributed by atoms with Gasteiger partial charge >= 0.3 is 0 Å². The second-order valence-electron chi connectivity index (χ2n) is 8.67. The molecule has 194 valence electrons. The van der Waals surface area contributed by atoms with Crippen LogP contribution in [-0.2, 0) is 17.9 Å². The molecular formula is C28H25BrCl4N2O2. The Labute approximate surface area is 247 Å². The Bertz CT molecular complexity index is 1380. The molecule has 2 atom stereocenters. The van der Waals surface area contributed by atoms with Crippen molar-refractivity contribution in [2.24, 2.45) is 0 Å². The highest BCUT2D eigenvalue weighted by Crippen LogP contribution is 2.31. The molecule has 0 saturated carbocycles. The Morgan fingerprint density at radius 3 is 2.24 bits per heavy atom. The van der Waals surface area contributed by atoms with Crippen molar-refractivity contribution in [1.82, 2.24) is 4.57 Å². The van der Waals surface area contributed by atoms with E-state index in [4.69, 9.17) is 51.1 Å². The molecule has 0 aliphatic carbocycles. The molecule has 0 spiro atoms. The number of aromatic nitrogens is 2. The van der Waals surface area contributed by atoms with Crippen molar-refractivity contribution >= 4 is 52.2 Å². The minimum absolute atomic E-state index is 0. The normalized spacial score (nSPS) is 12.6. The molecule has 9 heteroatoms. The van der Waals surface area contributed by atoms with E-state index in [2.05, 4.69) is 0 Å². The molecular weight excluding hydrogens is 618 g/mol. The second kappa shape index (κ2) is 13.3. The third kappa shape index (κ3) is 7.60. The molecule has 4 rings (SSSR count). The van der Waals surface area contributed by atoms with Crippen LogP contribution in [0.2, 0.25) is 20.1 Å². The summed E-state index contributed by atoms with van der Waals surface area (Å²) < 4.78 is 10.2. The minimum atomic E-state index is -0.398. The third-order valence-electron chi connectivity index (χ3n) is 6.02. The monoisotopic (exact) mass is 640 g/mol. The highest BCUT2D eigenvalue weighted by Gasteiger charge is 2.24. The molecule has 1 heterocycles. The predicted octanol–water partition coefficient (Wildman–Crippen LogP) is 5.10. The van der Waals surface area contributed by atoms with Crippen LogP contribution in [-0.4, -0.2) is 10.4 Å². The quantitative estimate of drug-likeness (QED) is 0.188. The van der Waals surface area contributed by atoms with Crippen molar-refractivity contribution in [3.63, 3.8) is 0 Å². The second-order valence-corrected chi connectivity index (χ2v) is 10.4. The molecule has 0 saturated heterocycles. The Balaban J connectivity index is 0.00000380. The molecule has 0 aliphatic heterocycles. The van der Waals surface area contributed by atoms with Gasteiger partial charge in [-0.05, 0) is 43.7 Å². The number of imidazole rings is 1. The summed E-state index contributed by atoms with van der Waals surface area (Å²) in [6.45, 7) is 4.62. The Kier molecular flexibility index (Phi) is 10.7. The zero-order chi connectivity index (χ0) is 25.8. The van der Waals surface area contributed by atoms with Gasteiger partial charge in [0.15, 0.2) is 6.04 Å². The maximum atomic E-state index is 13.0. The lowest BCUT2D eigenvalue weighted by molar-refractivity contribution is -0.705. The molecule has 0 amide bonds. The van der Waals surface area contributed by atoms with E-state index in [1.807, 2.05) is 78.1 Å². The molecule has 4 nitrogen and oxygen atoms in total. The van der Waals surface area contributed by atoms with Crippen LogP contribution in [0.15, 0.2) is 79.4 Å². The molecule has 0 fully saturated rings. The lowest BCUT2D eigenvalue weighted by Crippen LogP contribution is -3.00. The molecule has 37 heavy (non-hydrogen) atoms. The van der Waals surface area contributed by atoms with Crippen LogP contribution in [0, 0.1) is 6.92 Å². The molecule has 0 aliphatic rings. The number of nitrogens with zero attached hydrogens (tertiary/aromatic N) is 2. The Morgan fingerprint density at radius 1 is 0.946 bits per heavy atom. The lowest BCUT2D eigenvalue weighted by Gasteiger charge is -2.19. The van der Waals surface area contributed by atoms with E-state index in [0.29, 0.717) is 32.2 Å². The molecule has 3 aromatic carbocycles. The van der Waals surface area contributed by atoms with Gasteiger partial charge < -0.3 is 21.7 Å². The van der Waals surface area contributed by atoms with Crippen molar-refractivity contribution in [3.05, 3.63) is 122 Å². The number of ether oxygens (including phenoxy) is 1. The maximum Gasteiger partial charge on any atom is 0.244 e. The van der Waals surface area contributed by atoms with Crippen molar-refractivity contribution in [2.45, 2.75) is 39.1 Å². The smallest absolute Gasteiger partial charge is 0.244 e. The number of hydrogen-bond donors (Lipinski definition) is 0. The van der Waals surface area contributed by atoms with Crippen molar-refractivity contribution in [3.8, 4) is 0 Å². The van der Waals surface area contributed by atoms with Gasteiger partial charge in [0, 0.05) is 31.2 Å². The van der Waals surface area contributed by atoms with Crippen LogP contribution < -0.4 is 21.5 Å². The van der Waals surface area contributed by atoms with Gasteiger partial charge in [-0.1, -0.05) is 88.4 Å². The summed E-state index contributed by atoms with van der Waals surface area (Å²) in [5.74, 6) is 0.0451. The van der Waals surface area contributed by atoms with Crippen LogP contribution in [0.25, 0.3) is 0 Å². The summed E-state index contributed by atoms with van der Waals surface area (Å²) in [4.78, 5) is 13.0. The van der Waals surface area contributed by atoms with E-state index in [9.17, 15) is 4.79 Å². The number of aryl methyl sites for hydroxylation is 1. The van der Waals surface area contributed by atoms with Crippen LogP contribution >= 0.6 is 46.4 Å². The first-order valence-electron chi connectivity index (χ1n) is 11.4. The molecule has 0 N–H and O–H groups in total. The highest BCUT2D eigenvalue weighted by atomic mass is 79.9. The van der Waals surface area contributed by atoms with Crippen molar-refractivity contribution in [2.75, 3.05) is 0 Å². The van der Waals surface area contributed by atoms with Crippen LogP contribution in [0.1, 0.15) is 46.1 Å². The number of carbonyl (C=O) groups excluding carboxylic acids is 1. The fourth-order valence-corrected chi connectivity index (χ4v) is 4.86. The minimum Gasteiger partial charge on any atom is -1.00 e. The fraction of sp³-hybridized carbons (Fsp3) is 0.214. The van der Waals surface area contributed by atoms with E-state index in [-0.39, 0.29) is 35.4 Å². The highest BCUT2D eigenvalue weighted by molar-refractivity contribution is 6.35. The van der Waals surface area contributed by atoms with Gasteiger partial charge in [-0.25, -0.2) is 9.13 Å². The number of benzene rings is 3. The Morgan fingerprint density at radius 2 is 1.59 bits per heavy atom. The number of Topliss-reactive ketones (excluding diaryl/α,β-unsaturated/α-hetero) is 1. The summed E-state index contributed by atoms with van der Waals surface area (Å²) in [7, 11) is 0. The SMILES string of the molecule is Cc1ccc(C(=O)C(C)n2cc[n+](CC(OCc3ccc(Cl)cc3Cl)c3ccc(Cl)cc3Cl)c2)cc1.[Br-]. The standard InChI is InChI=1S/C28H25Cl4N2O2.BrH/c1-18-3-5-20(6-4-18)28(35)19(2)34-12-11-33(17-34)15-27(24-10-9-23(30)14-26(24)32)36-16-21-7-8-22(29)13-25(21)31;/h3-14,17,19,27H,15-16H2,1-2H3;1H/q+1;/p-1. The average molecular weight is 643 g/mol. The molecule has 0 radical (unpaired) electrons. The first-order chi connectivity index (χ1) is 17.2. The van der Waals surface area contributed by atoms with E-state index < -0.39 is 6.10 Å². The summed E-state index contributed by atoms with van der Waals surface area (Å²) in [5, 5.41) is 2.15. The number of carbonyl (C=O) groups is 1. The number of hydrogen-bond acceptors (Lipinski definition) is 2. The number of halogens is 5. The van der Waals surface area contributed by atoms with Gasteiger partial charge in [0.25, 0.3) is 0 Å². The van der Waals surface area contributed by atoms with Gasteiger partial charge in [0.05, 0.1) is 6.61 Å². The molecule has 2 unspecified atom stereocenters. The van der Waals surface area contributed by atoms with Gasteiger partial charge in [-0.2, -0.15) is 0 Å². The first kappa shape index (κ1) is 29.7. The maximum absolute atomic E-state index is 13.0. The average Bonchev–Trinajstić information content (AvgIpc) is 3.31. The zero-order valence-corrected chi connectivity index (χ0v) is 24.8. The lowest BCUT2D eigenvalue weighted by atomic mass is 10.0. The summed E-state index contributed by atoms with van der Waals surface area (Å²) in [6.07, 6.45) is 5.29. The van der Waals surface area contributed by atoms with E-state index in [1.165, 1.54) is 0 Å². The number of ketones is 1. The molecule has 0 bridgehead atoms. The molecule has 1 aromatic heterocycles. The van der Waals surface area contributed by atoms with Gasteiger partial charge in [-0.3, -0.25) is 4.79 Å². The van der Waals surface area contributed by atoms with Gasteiger partial charge in [0.2, 0.25) is 12.1 Å². The van der Waals surface area contributed by atoms with Crippen molar-refractivity contribution < 1.29 is 31.1 Å². The van der Waals surface area contributed by atoms with Crippen LogP contribution in [0.3, 0.4) is 0 Å². The van der Waals surface area contributed by atoms with Gasteiger partial charge in [-0.15, -0.1) is 0 Å². The summed E-state index contributed by atoms with van der Waals surface area (Å²) in [5.41, 5.74) is 3.42. The summed E-state index contributed by atoms with van der Waals surface area (Å²) >= 11 is 25.0. The van der Waals surface area contributed by atoms with Crippen molar-refractivity contribution in [1.29, 1.82) is 0 Å². The summed E-state index contributed by atoms with van der Waals surface area (Å²) in [6, 6.07) is 17.9. The van der Waals surface area contributed by atoms with E-state index >= 15 is 0 Å². The topological polar surface area (TPSA) is 35.1 Å². The number of rotatable bonds is 9. The van der Waals surface area contributed by atoms with E-state index in [0.717, 1.165) is 16.7 Å². The zero-order valence-electron chi connectivity index (χ0n) is 20.2. The third-order valence-corrected chi connectivity index (χ3v) is 7.17. The first-order valence-corrected chi connectivity index (χ1v) is 12.9. The van der Waals surface area contributed by atoms with Crippen LogP contribution in [0.5, 0.6) is 0 Å². The van der Waals surface area contributed by atoms with Gasteiger partial charge in [0.1, 0.15) is 25.0 Å². The van der Waals surface area contributed by atoms with Crippen LogP contribution in [0.4, 0.5) is 0 Å². The largest absolute Gasteiger partial charge is 1.00 e. The predicted molar refractivity (Wildman–Crippen MR) is 145 cm³/mol. The Hall–Kier alpha value is -1.86. The van der Waals surface area contributed by atoms with E-state index in [1.54, 1.807) is 24.3 Å². The molecule has 4 aromatic rings. The fourth-order valence-electron chi connectivity index (χ4n) is 3.87.